The lowest BCUT2D eigenvalue weighted by atomic mass is 10.1. The highest BCUT2D eigenvalue weighted by molar-refractivity contribution is 9.10. The van der Waals surface area contributed by atoms with Crippen LogP contribution in [-0.2, 0) is 11.2 Å². The number of carbonyl (C=O) groups excluding carboxylic acids is 2. The van der Waals surface area contributed by atoms with E-state index in [1.807, 2.05) is 36.2 Å². The second-order valence-corrected chi connectivity index (χ2v) is 7.19. The average molecular weight is 401 g/mol. The summed E-state index contributed by atoms with van der Waals surface area (Å²) in [6, 6.07) is 15.6. The van der Waals surface area contributed by atoms with Crippen LogP contribution in [0.25, 0.3) is 0 Å². The third-order valence-electron chi connectivity index (χ3n) is 4.69. The molecule has 0 heterocycles. The van der Waals surface area contributed by atoms with Gasteiger partial charge in [0.15, 0.2) is 0 Å². The van der Waals surface area contributed by atoms with E-state index in [1.54, 1.807) is 12.1 Å². The Hall–Kier alpha value is -2.14. The molecule has 0 spiro atoms. The van der Waals surface area contributed by atoms with Crippen LogP contribution in [0.15, 0.2) is 53.0 Å². The second-order valence-electron chi connectivity index (χ2n) is 6.27. The molecule has 0 bridgehead atoms. The van der Waals surface area contributed by atoms with Gasteiger partial charge in [-0.25, -0.2) is 0 Å². The molecule has 4 nitrogen and oxygen atoms in total. The van der Waals surface area contributed by atoms with E-state index in [9.17, 15) is 9.59 Å². The molecule has 0 radical (unpaired) electrons. The molecule has 0 saturated carbocycles. The normalized spacial score (nSPS) is 15.5. The van der Waals surface area contributed by atoms with Crippen LogP contribution in [0.2, 0.25) is 0 Å². The summed E-state index contributed by atoms with van der Waals surface area (Å²) in [5, 5.41) is 2.81. The quantitative estimate of drug-likeness (QED) is 0.831. The molecule has 1 atom stereocenters. The number of rotatable bonds is 5. The zero-order valence-corrected chi connectivity index (χ0v) is 15.8. The monoisotopic (exact) mass is 400 g/mol. The number of amides is 2. The zero-order chi connectivity index (χ0) is 17.8. The molecule has 0 saturated heterocycles. The molecule has 2 aromatic rings. The van der Waals surface area contributed by atoms with Gasteiger partial charge < -0.3 is 10.2 Å². The summed E-state index contributed by atoms with van der Waals surface area (Å²) in [6.45, 7) is 0.340. The second kappa shape index (κ2) is 7.83. The number of benzene rings is 2. The van der Waals surface area contributed by atoms with Gasteiger partial charge in [0.05, 0.1) is 6.04 Å². The average Bonchev–Trinajstić information content (AvgIpc) is 3.05. The maximum absolute atomic E-state index is 12.5. The van der Waals surface area contributed by atoms with Crippen LogP contribution in [0.3, 0.4) is 0 Å². The van der Waals surface area contributed by atoms with Crippen molar-refractivity contribution in [3.8, 4) is 0 Å². The lowest BCUT2D eigenvalue weighted by Crippen LogP contribution is -2.34. The first-order valence-corrected chi connectivity index (χ1v) is 9.23. The lowest BCUT2D eigenvalue weighted by Gasteiger charge is -2.25. The van der Waals surface area contributed by atoms with Gasteiger partial charge in [0.2, 0.25) is 5.91 Å². The summed E-state index contributed by atoms with van der Waals surface area (Å²) in [7, 11) is 1.85. The summed E-state index contributed by atoms with van der Waals surface area (Å²) in [5.41, 5.74) is 3.17. The number of aryl methyl sites for hydroxylation is 1. The van der Waals surface area contributed by atoms with E-state index in [4.69, 9.17) is 0 Å². The highest BCUT2D eigenvalue weighted by atomic mass is 79.9. The van der Waals surface area contributed by atoms with Crippen molar-refractivity contribution in [2.45, 2.75) is 25.3 Å². The van der Waals surface area contributed by atoms with Crippen molar-refractivity contribution in [3.63, 3.8) is 0 Å². The Morgan fingerprint density at radius 3 is 2.64 bits per heavy atom. The fourth-order valence-corrected chi connectivity index (χ4v) is 3.54. The Morgan fingerprint density at radius 2 is 1.88 bits per heavy atom. The first kappa shape index (κ1) is 17.7. The number of nitrogens with one attached hydrogen (secondary N) is 1. The number of fused-ring (bicyclic) bond motifs is 1. The van der Waals surface area contributed by atoms with Crippen molar-refractivity contribution < 1.29 is 9.59 Å². The molecular weight excluding hydrogens is 380 g/mol. The fourth-order valence-electron chi connectivity index (χ4n) is 3.27. The molecule has 3 rings (SSSR count). The molecule has 1 N–H and O–H groups in total. The largest absolute Gasteiger partial charge is 0.352 e. The number of halogens is 1. The highest BCUT2D eigenvalue weighted by Gasteiger charge is 2.27. The minimum Gasteiger partial charge on any atom is -0.352 e. The van der Waals surface area contributed by atoms with Crippen molar-refractivity contribution >= 4 is 27.7 Å². The van der Waals surface area contributed by atoms with E-state index in [2.05, 4.69) is 33.4 Å². The summed E-state index contributed by atoms with van der Waals surface area (Å²) in [6.07, 6.45) is 2.28. The Kier molecular flexibility index (Phi) is 5.53. The van der Waals surface area contributed by atoms with Crippen LogP contribution in [0.1, 0.15) is 40.4 Å². The van der Waals surface area contributed by atoms with Crippen molar-refractivity contribution in [2.75, 3.05) is 13.6 Å². The molecule has 1 aliphatic carbocycles. The Morgan fingerprint density at radius 1 is 1.16 bits per heavy atom. The van der Waals surface area contributed by atoms with Gasteiger partial charge in [0.25, 0.3) is 5.91 Å². The molecule has 2 amide bonds. The van der Waals surface area contributed by atoms with Gasteiger partial charge in [0.1, 0.15) is 0 Å². The summed E-state index contributed by atoms with van der Waals surface area (Å²) in [5.74, 6) is -0.105. The third kappa shape index (κ3) is 4.10. The van der Waals surface area contributed by atoms with Crippen molar-refractivity contribution in [2.24, 2.45) is 0 Å². The predicted octanol–water partition coefficient (Wildman–Crippen LogP) is 3.71. The van der Waals surface area contributed by atoms with Crippen molar-refractivity contribution in [1.29, 1.82) is 0 Å². The first-order chi connectivity index (χ1) is 12.1. The van der Waals surface area contributed by atoms with Crippen LogP contribution >= 0.6 is 15.9 Å². The molecule has 1 aliphatic rings. The molecule has 2 aromatic carbocycles. The summed E-state index contributed by atoms with van der Waals surface area (Å²) < 4.78 is 0.928. The van der Waals surface area contributed by atoms with E-state index in [0.717, 1.165) is 17.3 Å². The number of carbonyl (C=O) groups is 2. The van der Waals surface area contributed by atoms with Gasteiger partial charge in [-0.3, -0.25) is 9.59 Å². The van der Waals surface area contributed by atoms with Gasteiger partial charge >= 0.3 is 0 Å². The number of nitrogens with zero attached hydrogens (tertiary/aromatic N) is 1. The smallest absolute Gasteiger partial charge is 0.251 e. The van der Waals surface area contributed by atoms with Crippen LogP contribution in [0.4, 0.5) is 0 Å². The SMILES string of the molecule is CN(C(=O)CCNC(=O)c1ccc(Br)cc1)C1CCc2ccccc21. The van der Waals surface area contributed by atoms with Gasteiger partial charge in [-0.15, -0.1) is 0 Å². The van der Waals surface area contributed by atoms with Crippen LogP contribution < -0.4 is 5.32 Å². The van der Waals surface area contributed by atoms with Crippen molar-refractivity contribution in [1.82, 2.24) is 10.2 Å². The summed E-state index contributed by atoms with van der Waals surface area (Å²) >= 11 is 3.34. The number of hydrogen-bond acceptors (Lipinski definition) is 2. The van der Waals surface area contributed by atoms with E-state index in [-0.39, 0.29) is 17.9 Å². The van der Waals surface area contributed by atoms with Crippen molar-refractivity contribution in [3.05, 3.63) is 69.7 Å². The maximum atomic E-state index is 12.5. The van der Waals surface area contributed by atoms with E-state index in [0.29, 0.717) is 18.5 Å². The molecular formula is C20H21BrN2O2. The minimum absolute atomic E-state index is 0.0535. The standard InChI is InChI=1S/C20H21BrN2O2/c1-23(18-11-8-14-4-2-3-5-17(14)18)19(24)12-13-22-20(25)15-6-9-16(21)10-7-15/h2-7,9-10,18H,8,11-13H2,1H3,(H,22,25). The van der Waals surface area contributed by atoms with Crippen LogP contribution in [-0.4, -0.2) is 30.3 Å². The molecule has 0 fully saturated rings. The fraction of sp³-hybridized carbons (Fsp3) is 0.300. The lowest BCUT2D eigenvalue weighted by molar-refractivity contribution is -0.131. The molecule has 0 aromatic heterocycles. The van der Waals surface area contributed by atoms with Crippen LogP contribution in [0, 0.1) is 0 Å². The van der Waals surface area contributed by atoms with E-state index >= 15 is 0 Å². The zero-order valence-electron chi connectivity index (χ0n) is 14.2. The Bertz CT molecular complexity index is 774. The highest BCUT2D eigenvalue weighted by Crippen LogP contribution is 2.34. The van der Waals surface area contributed by atoms with Crippen LogP contribution in [0.5, 0.6) is 0 Å². The Balaban J connectivity index is 1.51. The first-order valence-electron chi connectivity index (χ1n) is 8.43. The Labute approximate surface area is 156 Å². The topological polar surface area (TPSA) is 49.4 Å². The van der Waals surface area contributed by atoms with E-state index < -0.39 is 0 Å². The molecule has 1 unspecified atom stereocenters. The van der Waals surface area contributed by atoms with Gasteiger partial charge in [-0.2, -0.15) is 0 Å². The van der Waals surface area contributed by atoms with Gasteiger partial charge in [-0.05, 0) is 48.2 Å². The molecule has 25 heavy (non-hydrogen) atoms. The number of hydrogen-bond donors (Lipinski definition) is 1. The molecule has 0 aliphatic heterocycles. The van der Waals surface area contributed by atoms with Gasteiger partial charge in [-0.1, -0.05) is 40.2 Å². The minimum atomic E-state index is -0.158. The maximum Gasteiger partial charge on any atom is 0.251 e. The van der Waals surface area contributed by atoms with Gasteiger partial charge in [0, 0.05) is 30.0 Å². The molecule has 5 heteroatoms. The molecule has 130 valence electrons. The van der Waals surface area contributed by atoms with E-state index in [1.165, 1.54) is 11.1 Å². The predicted molar refractivity (Wildman–Crippen MR) is 101 cm³/mol. The summed E-state index contributed by atoms with van der Waals surface area (Å²) in [4.78, 5) is 26.4. The third-order valence-corrected chi connectivity index (χ3v) is 5.22.